The average molecular weight is 430 g/mol. The maximum Gasteiger partial charge on any atom is 0.385 e. The molecular weight excluding hydrogens is 398 g/mol. The lowest BCUT2D eigenvalue weighted by molar-refractivity contribution is -0.0646. The lowest BCUT2D eigenvalue weighted by Crippen LogP contribution is -2.50. The van der Waals surface area contributed by atoms with Crippen molar-refractivity contribution in [2.24, 2.45) is 17.3 Å². The molecule has 1 saturated heterocycles. The van der Waals surface area contributed by atoms with E-state index in [9.17, 15) is 13.5 Å². The van der Waals surface area contributed by atoms with Gasteiger partial charge in [-0.3, -0.25) is 0 Å². The Hall–Kier alpha value is -1.55. The van der Waals surface area contributed by atoms with Crippen LogP contribution in [0.2, 0.25) is 0 Å². The molecular formula is C24H31NO4S. The molecule has 2 saturated carbocycles. The van der Waals surface area contributed by atoms with Crippen LogP contribution in [-0.2, 0) is 16.7 Å². The highest BCUT2D eigenvalue weighted by Gasteiger charge is 2.61. The molecule has 162 valence electrons. The molecule has 1 heterocycles. The zero-order valence-electron chi connectivity index (χ0n) is 17.6. The quantitative estimate of drug-likeness (QED) is 0.745. The van der Waals surface area contributed by atoms with Crippen LogP contribution < -0.4 is 4.18 Å². The van der Waals surface area contributed by atoms with Gasteiger partial charge >= 0.3 is 10.3 Å². The van der Waals surface area contributed by atoms with Crippen LogP contribution in [0.4, 0.5) is 0 Å². The third kappa shape index (κ3) is 2.93. The topological polar surface area (TPSA) is 66.8 Å². The van der Waals surface area contributed by atoms with E-state index in [0.717, 1.165) is 44.9 Å². The minimum Gasteiger partial charge on any atom is -0.377 e. The Kier molecular flexibility index (Phi) is 4.74. The number of hydrogen-bond acceptors (Lipinski definition) is 4. The Morgan fingerprint density at radius 2 is 1.97 bits per heavy atom. The fourth-order valence-corrected chi connectivity index (χ4v) is 8.11. The number of aryl methyl sites for hydroxylation is 1. The molecule has 0 aromatic heterocycles. The summed E-state index contributed by atoms with van der Waals surface area (Å²) in [6, 6.07) is 5.82. The number of hydrogen-bond donors (Lipinski definition) is 1. The van der Waals surface area contributed by atoms with Gasteiger partial charge in [-0.15, -0.1) is 6.42 Å². The van der Waals surface area contributed by atoms with Crippen LogP contribution in [-0.4, -0.2) is 36.5 Å². The summed E-state index contributed by atoms with van der Waals surface area (Å²) in [5.74, 6) is 4.57. The third-order valence-corrected chi connectivity index (χ3v) is 10.1. The standard InChI is InChI=1S/C24H31NO4S/c1-3-24(26)13-11-22-21-8-6-17-16-18(29-30(27,28)25-14-4-5-15-25)7-9-19(17)20(21)10-12-23(22,24)2/h1,7,9,16,20-22,26H,4-6,8,10-15H2,2H3/t20-,21-,22+,23+,24+/m1/s1. The number of terminal acetylenes is 1. The van der Waals surface area contributed by atoms with Gasteiger partial charge in [-0.2, -0.15) is 12.7 Å². The van der Waals surface area contributed by atoms with Gasteiger partial charge in [0.2, 0.25) is 0 Å². The molecule has 5 rings (SSSR count). The van der Waals surface area contributed by atoms with E-state index in [1.54, 1.807) is 0 Å². The van der Waals surface area contributed by atoms with Crippen molar-refractivity contribution in [3.05, 3.63) is 29.3 Å². The molecule has 0 bridgehead atoms. The number of fused-ring (bicyclic) bond motifs is 5. The van der Waals surface area contributed by atoms with Crippen LogP contribution in [0, 0.1) is 29.6 Å². The molecule has 5 nitrogen and oxygen atoms in total. The van der Waals surface area contributed by atoms with Gasteiger partial charge in [0, 0.05) is 18.5 Å². The van der Waals surface area contributed by atoms with Crippen LogP contribution in [0.1, 0.15) is 68.9 Å². The molecule has 6 heteroatoms. The zero-order chi connectivity index (χ0) is 21.1. The van der Waals surface area contributed by atoms with E-state index in [4.69, 9.17) is 10.6 Å². The molecule has 1 aromatic carbocycles. The van der Waals surface area contributed by atoms with Crippen molar-refractivity contribution >= 4 is 10.3 Å². The van der Waals surface area contributed by atoms with Crippen molar-refractivity contribution in [2.45, 2.75) is 69.8 Å². The Morgan fingerprint density at radius 3 is 2.70 bits per heavy atom. The first-order chi connectivity index (χ1) is 14.3. The molecule has 1 aromatic rings. The van der Waals surface area contributed by atoms with Crippen LogP contribution in [0.3, 0.4) is 0 Å². The van der Waals surface area contributed by atoms with Gasteiger partial charge in [-0.25, -0.2) is 0 Å². The van der Waals surface area contributed by atoms with Gasteiger partial charge < -0.3 is 9.29 Å². The van der Waals surface area contributed by atoms with E-state index >= 15 is 0 Å². The fourth-order valence-electron chi connectivity index (χ4n) is 6.95. The van der Waals surface area contributed by atoms with Crippen LogP contribution in [0.25, 0.3) is 0 Å². The van der Waals surface area contributed by atoms with Crippen molar-refractivity contribution in [2.75, 3.05) is 13.1 Å². The van der Waals surface area contributed by atoms with E-state index in [1.807, 2.05) is 12.1 Å². The van der Waals surface area contributed by atoms with Crippen LogP contribution >= 0.6 is 0 Å². The maximum absolute atomic E-state index is 12.5. The third-order valence-electron chi connectivity index (χ3n) is 8.67. The lowest BCUT2D eigenvalue weighted by atomic mass is 9.53. The van der Waals surface area contributed by atoms with Gasteiger partial charge in [0.15, 0.2) is 0 Å². The van der Waals surface area contributed by atoms with Crippen molar-refractivity contribution in [3.8, 4) is 18.1 Å². The molecule has 4 aliphatic rings. The smallest absolute Gasteiger partial charge is 0.377 e. The maximum atomic E-state index is 12.5. The van der Waals surface area contributed by atoms with Gasteiger partial charge in [0.05, 0.1) is 0 Å². The predicted molar refractivity (Wildman–Crippen MR) is 115 cm³/mol. The molecule has 0 radical (unpaired) electrons. The summed E-state index contributed by atoms with van der Waals surface area (Å²) in [4.78, 5) is 0. The summed E-state index contributed by atoms with van der Waals surface area (Å²) >= 11 is 0. The first-order valence-electron chi connectivity index (χ1n) is 11.3. The van der Waals surface area contributed by atoms with Gasteiger partial charge in [-0.1, -0.05) is 18.9 Å². The van der Waals surface area contributed by atoms with Crippen LogP contribution in [0.15, 0.2) is 18.2 Å². The average Bonchev–Trinajstić information content (AvgIpc) is 3.35. The van der Waals surface area contributed by atoms with E-state index in [0.29, 0.717) is 43.0 Å². The van der Waals surface area contributed by atoms with Gasteiger partial charge in [0.25, 0.3) is 0 Å². The van der Waals surface area contributed by atoms with Crippen molar-refractivity contribution in [1.29, 1.82) is 0 Å². The Bertz CT molecular complexity index is 993. The highest BCUT2D eigenvalue weighted by atomic mass is 32.2. The largest absolute Gasteiger partial charge is 0.385 e. The van der Waals surface area contributed by atoms with Crippen LogP contribution in [0.5, 0.6) is 5.75 Å². The van der Waals surface area contributed by atoms with Crippen molar-refractivity contribution < 1.29 is 17.7 Å². The Morgan fingerprint density at radius 1 is 1.20 bits per heavy atom. The molecule has 0 amide bonds. The van der Waals surface area contributed by atoms with Crippen molar-refractivity contribution in [1.82, 2.24) is 4.31 Å². The molecule has 3 fully saturated rings. The summed E-state index contributed by atoms with van der Waals surface area (Å²) < 4.78 is 31.9. The van der Waals surface area contributed by atoms with Gasteiger partial charge in [-0.05, 0) is 92.4 Å². The monoisotopic (exact) mass is 429 g/mol. The lowest BCUT2D eigenvalue weighted by Gasteiger charge is -2.52. The van der Waals surface area contributed by atoms with E-state index in [1.165, 1.54) is 15.4 Å². The highest BCUT2D eigenvalue weighted by Crippen LogP contribution is 2.64. The Balaban J connectivity index is 1.39. The van der Waals surface area contributed by atoms with E-state index in [2.05, 4.69) is 18.9 Å². The second-order valence-electron chi connectivity index (χ2n) is 9.92. The van der Waals surface area contributed by atoms with Gasteiger partial charge in [0.1, 0.15) is 11.4 Å². The minimum absolute atomic E-state index is 0.201. The molecule has 0 spiro atoms. The summed E-state index contributed by atoms with van der Waals surface area (Å²) in [7, 11) is -3.71. The first-order valence-corrected chi connectivity index (χ1v) is 12.7. The van der Waals surface area contributed by atoms with Crippen molar-refractivity contribution in [3.63, 3.8) is 0 Å². The second kappa shape index (κ2) is 6.98. The number of benzene rings is 1. The molecule has 1 aliphatic heterocycles. The summed E-state index contributed by atoms with van der Waals surface area (Å²) in [6.45, 7) is 3.28. The summed E-state index contributed by atoms with van der Waals surface area (Å²) in [5.41, 5.74) is 1.35. The fraction of sp³-hybridized carbons (Fsp3) is 0.667. The molecule has 0 unspecified atom stereocenters. The zero-order valence-corrected chi connectivity index (χ0v) is 18.5. The minimum atomic E-state index is -3.71. The SMILES string of the molecule is C#C[C@]1(O)CC[C@H]2[C@@H]3CCc4cc(OS(=O)(=O)N5CCCC5)ccc4[C@H]3CC[C@@]21C. The van der Waals surface area contributed by atoms with E-state index in [-0.39, 0.29) is 5.41 Å². The first kappa shape index (κ1) is 20.4. The molecule has 5 atom stereocenters. The molecule has 30 heavy (non-hydrogen) atoms. The molecule has 3 aliphatic carbocycles. The number of nitrogens with zero attached hydrogens (tertiary/aromatic N) is 1. The summed E-state index contributed by atoms with van der Waals surface area (Å²) in [5, 5.41) is 11.1. The second-order valence-corrected chi connectivity index (χ2v) is 11.5. The van der Waals surface area contributed by atoms with E-state index < -0.39 is 15.9 Å². The highest BCUT2D eigenvalue weighted by molar-refractivity contribution is 7.84. The normalized spacial score (nSPS) is 38.4. The Labute approximate surface area is 180 Å². The molecule has 1 N–H and O–H groups in total. The summed E-state index contributed by atoms with van der Waals surface area (Å²) in [6.07, 6.45) is 13.1. The number of aliphatic hydroxyl groups is 1. The number of rotatable bonds is 3. The predicted octanol–water partition coefficient (Wildman–Crippen LogP) is 3.63.